The number of H-pyrrole nitrogens is 1. The van der Waals surface area contributed by atoms with Crippen molar-refractivity contribution in [2.45, 2.75) is 25.7 Å². The molecule has 3 rings (SSSR count). The number of halogens is 1. The third kappa shape index (κ3) is 3.17. The van der Waals surface area contributed by atoms with Gasteiger partial charge >= 0.3 is 0 Å². The summed E-state index contributed by atoms with van der Waals surface area (Å²) < 4.78 is 0. The number of hydrogen-bond acceptors (Lipinski definition) is 2. The molecule has 1 aromatic carbocycles. The molecule has 1 aliphatic rings. The molecule has 0 fully saturated rings. The van der Waals surface area contributed by atoms with E-state index in [1.54, 1.807) is 12.4 Å². The Morgan fingerprint density at radius 1 is 1.15 bits per heavy atom. The lowest BCUT2D eigenvalue weighted by atomic mass is 9.72. The first-order chi connectivity index (χ1) is 9.64. The molecule has 0 aliphatic heterocycles. The maximum absolute atomic E-state index is 6.19. The van der Waals surface area contributed by atoms with Crippen LogP contribution in [0.25, 0.3) is 0 Å². The monoisotopic (exact) mass is 287 g/mol. The van der Waals surface area contributed by atoms with Gasteiger partial charge in [0.1, 0.15) is 0 Å². The van der Waals surface area contributed by atoms with Crippen molar-refractivity contribution in [2.75, 3.05) is 0 Å². The van der Waals surface area contributed by atoms with Crippen LogP contribution in [-0.2, 0) is 5.41 Å². The van der Waals surface area contributed by atoms with E-state index < -0.39 is 0 Å². The van der Waals surface area contributed by atoms with E-state index in [1.165, 1.54) is 11.1 Å². The minimum Gasteiger partial charge on any atom is -0.198 e. The smallest absolute Gasteiger partial charge is 0.0690 e. The summed E-state index contributed by atoms with van der Waals surface area (Å²) in [6, 6.07) is 10.6. The molecule has 104 valence electrons. The predicted molar refractivity (Wildman–Crippen MR) is 82.5 cm³/mol. The normalized spacial score (nSPS) is 21.4. The highest BCUT2D eigenvalue weighted by molar-refractivity contribution is 6.31. The van der Waals surface area contributed by atoms with Crippen molar-refractivity contribution >= 4 is 11.6 Å². The molecule has 0 spiro atoms. The number of aromatic nitrogens is 3. The molecule has 20 heavy (non-hydrogen) atoms. The molecule has 1 aromatic heterocycles. The van der Waals surface area contributed by atoms with Gasteiger partial charge in [0.05, 0.1) is 12.4 Å². The number of benzene rings is 1. The first-order valence-corrected chi connectivity index (χ1v) is 6.91. The first-order valence-electron chi connectivity index (χ1n) is 6.53. The van der Waals surface area contributed by atoms with Gasteiger partial charge in [0.2, 0.25) is 0 Å². The Labute approximate surface area is 124 Å². The third-order valence-electron chi connectivity index (χ3n) is 3.72. The Balaban J connectivity index is 0.000000247. The van der Waals surface area contributed by atoms with Gasteiger partial charge in [-0.05, 0) is 30.6 Å². The summed E-state index contributed by atoms with van der Waals surface area (Å²) in [6.45, 7) is 4.38. The molecule has 0 amide bonds. The van der Waals surface area contributed by atoms with Crippen molar-refractivity contribution in [1.82, 2.24) is 15.4 Å². The maximum Gasteiger partial charge on any atom is 0.0690 e. The molecule has 1 atom stereocenters. The van der Waals surface area contributed by atoms with E-state index in [0.29, 0.717) is 0 Å². The Kier molecular flexibility index (Phi) is 4.74. The van der Waals surface area contributed by atoms with Crippen molar-refractivity contribution in [2.24, 2.45) is 0 Å². The van der Waals surface area contributed by atoms with Crippen LogP contribution in [0.2, 0.25) is 0 Å². The van der Waals surface area contributed by atoms with Gasteiger partial charge in [-0.3, -0.25) is 0 Å². The highest BCUT2D eigenvalue weighted by Crippen LogP contribution is 2.40. The van der Waals surface area contributed by atoms with E-state index in [-0.39, 0.29) is 5.41 Å². The van der Waals surface area contributed by atoms with Crippen LogP contribution < -0.4 is 0 Å². The van der Waals surface area contributed by atoms with Gasteiger partial charge in [-0.15, -0.1) is 0 Å². The van der Waals surface area contributed by atoms with Crippen LogP contribution >= 0.6 is 11.6 Å². The van der Waals surface area contributed by atoms with Crippen molar-refractivity contribution in [1.29, 1.82) is 0 Å². The van der Waals surface area contributed by atoms with Crippen LogP contribution in [0.15, 0.2) is 65.5 Å². The second-order valence-electron chi connectivity index (χ2n) is 4.93. The highest BCUT2D eigenvalue weighted by Gasteiger charge is 2.30. The summed E-state index contributed by atoms with van der Waals surface area (Å²) in [5.41, 5.74) is 2.66. The molecular weight excluding hydrogens is 270 g/mol. The SMILES string of the molecule is CC1=C(Cl)C=CCC1(C)c1ccccc1.c1cn[nH]n1. The number of rotatable bonds is 1. The molecular formula is C16H18ClN3. The van der Waals surface area contributed by atoms with Crippen LogP contribution in [0.1, 0.15) is 25.8 Å². The van der Waals surface area contributed by atoms with Gasteiger partial charge in [-0.25, -0.2) is 0 Å². The van der Waals surface area contributed by atoms with E-state index in [2.05, 4.69) is 59.6 Å². The highest BCUT2D eigenvalue weighted by atomic mass is 35.5. The van der Waals surface area contributed by atoms with Crippen LogP contribution in [0.5, 0.6) is 0 Å². The third-order valence-corrected chi connectivity index (χ3v) is 4.13. The van der Waals surface area contributed by atoms with Crippen molar-refractivity contribution in [3.8, 4) is 0 Å². The second-order valence-corrected chi connectivity index (χ2v) is 5.34. The van der Waals surface area contributed by atoms with Crippen LogP contribution in [0, 0.1) is 0 Å². The molecule has 0 bridgehead atoms. The quantitative estimate of drug-likeness (QED) is 0.853. The molecule has 0 saturated heterocycles. The lowest BCUT2D eigenvalue weighted by molar-refractivity contribution is 0.558. The van der Waals surface area contributed by atoms with E-state index in [0.717, 1.165) is 11.5 Å². The summed E-state index contributed by atoms with van der Waals surface area (Å²) in [7, 11) is 0. The zero-order valence-corrected chi connectivity index (χ0v) is 12.4. The number of hydrogen-bond donors (Lipinski definition) is 1. The van der Waals surface area contributed by atoms with E-state index in [4.69, 9.17) is 11.6 Å². The standard InChI is InChI=1S/C14H15Cl.C2H3N3/c1-11-13(15)9-6-10-14(11,2)12-7-4-3-5-8-12;1-2-4-5-3-1/h3-9H,10H2,1-2H3;1-2H,(H,3,4,5). The lowest BCUT2D eigenvalue weighted by Gasteiger charge is -2.33. The van der Waals surface area contributed by atoms with Crippen LogP contribution in [0.4, 0.5) is 0 Å². The topological polar surface area (TPSA) is 41.6 Å². The van der Waals surface area contributed by atoms with E-state index in [9.17, 15) is 0 Å². The van der Waals surface area contributed by atoms with Gasteiger partial charge in [-0.1, -0.05) is 54.9 Å². The maximum atomic E-state index is 6.19. The van der Waals surface area contributed by atoms with Gasteiger partial charge in [0.25, 0.3) is 0 Å². The average Bonchev–Trinajstić information content (AvgIpc) is 3.05. The number of nitrogens with one attached hydrogen (secondary N) is 1. The first kappa shape index (κ1) is 14.5. The number of aromatic amines is 1. The summed E-state index contributed by atoms with van der Waals surface area (Å²) >= 11 is 6.19. The van der Waals surface area contributed by atoms with Gasteiger partial charge < -0.3 is 0 Å². The molecule has 1 unspecified atom stereocenters. The summed E-state index contributed by atoms with van der Waals surface area (Å²) in [6.07, 6.45) is 8.35. The van der Waals surface area contributed by atoms with Gasteiger partial charge in [0, 0.05) is 10.4 Å². The number of nitrogens with zero attached hydrogens (tertiary/aromatic N) is 2. The van der Waals surface area contributed by atoms with Gasteiger partial charge in [-0.2, -0.15) is 15.4 Å². The summed E-state index contributed by atoms with van der Waals surface area (Å²) in [5.74, 6) is 0. The fraction of sp³-hybridized carbons (Fsp3) is 0.250. The average molecular weight is 288 g/mol. The Hall–Kier alpha value is -1.87. The minimum atomic E-state index is 0.0626. The lowest BCUT2D eigenvalue weighted by Crippen LogP contribution is -2.25. The zero-order valence-electron chi connectivity index (χ0n) is 11.7. The Morgan fingerprint density at radius 3 is 2.35 bits per heavy atom. The minimum absolute atomic E-state index is 0.0626. The number of allylic oxidation sites excluding steroid dienone is 4. The second kappa shape index (κ2) is 6.53. The van der Waals surface area contributed by atoms with Crippen molar-refractivity contribution < 1.29 is 0 Å². The van der Waals surface area contributed by atoms with Crippen LogP contribution in [-0.4, -0.2) is 15.4 Å². The fourth-order valence-electron chi connectivity index (χ4n) is 2.25. The van der Waals surface area contributed by atoms with Gasteiger partial charge in [0.15, 0.2) is 0 Å². The Bertz CT molecular complexity index is 570. The van der Waals surface area contributed by atoms with Crippen molar-refractivity contribution in [3.63, 3.8) is 0 Å². The van der Waals surface area contributed by atoms with E-state index in [1.807, 2.05) is 12.1 Å². The summed E-state index contributed by atoms with van der Waals surface area (Å²) in [4.78, 5) is 0. The molecule has 3 nitrogen and oxygen atoms in total. The zero-order chi connectivity index (χ0) is 14.4. The molecule has 0 saturated carbocycles. The molecule has 0 radical (unpaired) electrons. The summed E-state index contributed by atoms with van der Waals surface area (Å²) in [5, 5.41) is 10.2. The predicted octanol–water partition coefficient (Wildman–Crippen LogP) is 4.22. The van der Waals surface area contributed by atoms with Crippen LogP contribution in [0.3, 0.4) is 0 Å². The molecule has 1 N–H and O–H groups in total. The molecule has 4 heteroatoms. The van der Waals surface area contributed by atoms with E-state index >= 15 is 0 Å². The molecule has 2 aromatic rings. The largest absolute Gasteiger partial charge is 0.198 e. The fourth-order valence-corrected chi connectivity index (χ4v) is 2.54. The molecule has 1 aliphatic carbocycles. The Morgan fingerprint density at radius 2 is 1.80 bits per heavy atom. The van der Waals surface area contributed by atoms with Crippen molar-refractivity contribution in [3.05, 3.63) is 71.0 Å². The molecule has 1 heterocycles.